The van der Waals surface area contributed by atoms with Crippen molar-refractivity contribution in [1.29, 1.82) is 0 Å². The number of methoxy groups -OCH3 is 1. The number of amides is 1. The number of nitro groups is 1. The minimum Gasteiger partial charge on any atom is -0.496 e. The van der Waals surface area contributed by atoms with Crippen molar-refractivity contribution in [3.8, 4) is 11.5 Å². The number of nitrogens with zero attached hydrogens (tertiary/aromatic N) is 3. The first-order chi connectivity index (χ1) is 15.5. The average Bonchev–Trinajstić information content (AvgIpc) is 2.83. The SMILES string of the molecule is COc1ccc(OCC(=O)N2CCN(Cc3cccc4ccccc34)CC2)c([N+](=O)[O-])c1. The van der Waals surface area contributed by atoms with E-state index in [2.05, 4.69) is 41.3 Å². The first-order valence-electron chi connectivity index (χ1n) is 10.5. The number of hydrogen-bond acceptors (Lipinski definition) is 6. The summed E-state index contributed by atoms with van der Waals surface area (Å²) >= 11 is 0. The molecule has 3 aromatic rings. The standard InChI is InChI=1S/C24H25N3O5/c1-31-20-9-10-23(22(15-20)27(29)30)32-17-24(28)26-13-11-25(12-14-26)16-19-7-4-6-18-5-2-3-8-21(18)19/h2-10,15H,11-14,16-17H2,1H3. The molecule has 1 saturated heterocycles. The van der Waals surface area contributed by atoms with Gasteiger partial charge in [0.15, 0.2) is 12.4 Å². The minimum atomic E-state index is -0.547. The second-order valence-corrected chi connectivity index (χ2v) is 7.67. The van der Waals surface area contributed by atoms with Gasteiger partial charge in [-0.1, -0.05) is 42.5 Å². The third-order valence-electron chi connectivity index (χ3n) is 5.71. The molecule has 4 rings (SSSR count). The molecule has 0 spiro atoms. The third-order valence-corrected chi connectivity index (χ3v) is 5.71. The zero-order valence-corrected chi connectivity index (χ0v) is 17.9. The van der Waals surface area contributed by atoms with Crippen LogP contribution in [0.25, 0.3) is 10.8 Å². The number of carbonyl (C=O) groups is 1. The molecule has 0 aromatic heterocycles. The van der Waals surface area contributed by atoms with E-state index >= 15 is 0 Å². The Labute approximate surface area is 186 Å². The molecule has 1 aliphatic heterocycles. The lowest BCUT2D eigenvalue weighted by Crippen LogP contribution is -2.49. The van der Waals surface area contributed by atoms with Gasteiger partial charge in [-0.05, 0) is 28.5 Å². The van der Waals surface area contributed by atoms with Crippen molar-refractivity contribution in [1.82, 2.24) is 9.80 Å². The van der Waals surface area contributed by atoms with E-state index in [9.17, 15) is 14.9 Å². The van der Waals surface area contributed by atoms with Crippen LogP contribution in [0, 0.1) is 10.1 Å². The Morgan fingerprint density at radius 2 is 1.78 bits per heavy atom. The van der Waals surface area contributed by atoms with Gasteiger partial charge in [-0.2, -0.15) is 0 Å². The Morgan fingerprint density at radius 3 is 2.53 bits per heavy atom. The van der Waals surface area contributed by atoms with Crippen LogP contribution in [0.5, 0.6) is 11.5 Å². The van der Waals surface area contributed by atoms with Gasteiger partial charge in [-0.15, -0.1) is 0 Å². The van der Waals surface area contributed by atoms with Gasteiger partial charge in [0.05, 0.1) is 18.1 Å². The minimum absolute atomic E-state index is 0.0544. The van der Waals surface area contributed by atoms with Gasteiger partial charge in [-0.3, -0.25) is 19.8 Å². The van der Waals surface area contributed by atoms with E-state index in [4.69, 9.17) is 9.47 Å². The molecule has 0 atom stereocenters. The van der Waals surface area contributed by atoms with Gasteiger partial charge < -0.3 is 14.4 Å². The maximum absolute atomic E-state index is 12.6. The van der Waals surface area contributed by atoms with Gasteiger partial charge in [-0.25, -0.2) is 0 Å². The molecule has 166 valence electrons. The van der Waals surface area contributed by atoms with E-state index in [0.717, 1.165) is 19.6 Å². The van der Waals surface area contributed by atoms with Crippen LogP contribution in [0.4, 0.5) is 5.69 Å². The lowest BCUT2D eigenvalue weighted by molar-refractivity contribution is -0.385. The Morgan fingerprint density at radius 1 is 1.03 bits per heavy atom. The first kappa shape index (κ1) is 21.6. The van der Waals surface area contributed by atoms with E-state index in [1.807, 2.05) is 6.07 Å². The summed E-state index contributed by atoms with van der Waals surface area (Å²) in [5.74, 6) is 0.233. The molecule has 0 N–H and O–H groups in total. The van der Waals surface area contributed by atoms with Gasteiger partial charge in [0.1, 0.15) is 5.75 Å². The molecule has 1 aliphatic rings. The Kier molecular flexibility index (Phi) is 6.51. The molecule has 1 amide bonds. The van der Waals surface area contributed by atoms with Gasteiger partial charge >= 0.3 is 5.69 Å². The van der Waals surface area contributed by atoms with Crippen LogP contribution in [-0.2, 0) is 11.3 Å². The molecule has 1 heterocycles. The molecule has 1 fully saturated rings. The molecule has 0 radical (unpaired) electrons. The normalized spacial score (nSPS) is 14.3. The first-order valence-corrected chi connectivity index (χ1v) is 10.5. The smallest absolute Gasteiger partial charge is 0.314 e. The number of nitro benzene ring substituents is 1. The highest BCUT2D eigenvalue weighted by molar-refractivity contribution is 5.85. The van der Waals surface area contributed by atoms with Crippen LogP contribution in [0.1, 0.15) is 5.56 Å². The number of piperazine rings is 1. The van der Waals surface area contributed by atoms with E-state index in [-0.39, 0.29) is 24.0 Å². The van der Waals surface area contributed by atoms with E-state index in [0.29, 0.717) is 18.8 Å². The molecule has 0 bridgehead atoms. The Bertz CT molecular complexity index is 1120. The molecule has 32 heavy (non-hydrogen) atoms. The number of rotatable bonds is 7. The van der Waals surface area contributed by atoms with Crippen LogP contribution >= 0.6 is 0 Å². The van der Waals surface area contributed by atoms with Crippen LogP contribution in [-0.4, -0.2) is 60.5 Å². The van der Waals surface area contributed by atoms with Crippen LogP contribution < -0.4 is 9.47 Å². The molecule has 8 heteroatoms. The predicted molar refractivity (Wildman–Crippen MR) is 121 cm³/mol. The van der Waals surface area contributed by atoms with Crippen molar-refractivity contribution >= 4 is 22.4 Å². The summed E-state index contributed by atoms with van der Waals surface area (Å²) in [5.41, 5.74) is 1.05. The van der Waals surface area contributed by atoms with Gasteiger partial charge in [0, 0.05) is 32.7 Å². The zero-order chi connectivity index (χ0) is 22.5. The van der Waals surface area contributed by atoms with Crippen molar-refractivity contribution < 1.29 is 19.2 Å². The van der Waals surface area contributed by atoms with Crippen LogP contribution in [0.15, 0.2) is 60.7 Å². The highest BCUT2D eigenvalue weighted by atomic mass is 16.6. The molecule has 0 saturated carbocycles. The predicted octanol–water partition coefficient (Wildman–Crippen LogP) is 3.48. The van der Waals surface area contributed by atoms with Gasteiger partial charge in [0.25, 0.3) is 5.91 Å². The lowest BCUT2D eigenvalue weighted by atomic mass is 10.0. The Hall–Kier alpha value is -3.65. The summed E-state index contributed by atoms with van der Waals surface area (Å²) < 4.78 is 10.5. The van der Waals surface area contributed by atoms with E-state index < -0.39 is 4.92 Å². The second-order valence-electron chi connectivity index (χ2n) is 7.67. The molecular formula is C24H25N3O5. The maximum Gasteiger partial charge on any atom is 0.314 e. The number of ether oxygens (including phenoxy) is 2. The third kappa shape index (κ3) is 4.81. The summed E-state index contributed by atoms with van der Waals surface area (Å²) in [6.07, 6.45) is 0. The topological polar surface area (TPSA) is 85.2 Å². The van der Waals surface area contributed by atoms with E-state index in [1.54, 1.807) is 11.0 Å². The van der Waals surface area contributed by atoms with Crippen molar-refractivity contribution in [2.45, 2.75) is 6.54 Å². The van der Waals surface area contributed by atoms with Crippen molar-refractivity contribution in [2.75, 3.05) is 39.9 Å². The zero-order valence-electron chi connectivity index (χ0n) is 17.9. The summed E-state index contributed by atoms with van der Waals surface area (Å²) in [6, 6.07) is 19.0. The molecule has 8 nitrogen and oxygen atoms in total. The maximum atomic E-state index is 12.6. The number of carbonyl (C=O) groups excluding carboxylic acids is 1. The summed E-state index contributed by atoms with van der Waals surface area (Å²) in [7, 11) is 1.43. The molecule has 0 aliphatic carbocycles. The largest absolute Gasteiger partial charge is 0.496 e. The average molecular weight is 435 g/mol. The van der Waals surface area contributed by atoms with Crippen molar-refractivity contribution in [3.05, 3.63) is 76.3 Å². The fraction of sp³-hybridized carbons (Fsp3) is 0.292. The summed E-state index contributed by atoms with van der Waals surface area (Å²) in [4.78, 5) is 27.4. The fourth-order valence-electron chi connectivity index (χ4n) is 3.95. The number of hydrogen-bond donors (Lipinski definition) is 0. The Balaban J connectivity index is 1.32. The van der Waals surface area contributed by atoms with E-state index in [1.165, 1.54) is 35.6 Å². The van der Waals surface area contributed by atoms with Crippen molar-refractivity contribution in [3.63, 3.8) is 0 Å². The fourth-order valence-corrected chi connectivity index (χ4v) is 3.95. The molecule has 0 unspecified atom stereocenters. The van der Waals surface area contributed by atoms with Gasteiger partial charge in [0.2, 0.25) is 0 Å². The summed E-state index contributed by atoms with van der Waals surface area (Å²) in [5, 5.41) is 13.8. The summed E-state index contributed by atoms with van der Waals surface area (Å²) in [6.45, 7) is 3.30. The van der Waals surface area contributed by atoms with Crippen molar-refractivity contribution in [2.24, 2.45) is 0 Å². The lowest BCUT2D eigenvalue weighted by Gasteiger charge is -2.34. The molecule has 3 aromatic carbocycles. The monoisotopic (exact) mass is 435 g/mol. The highest BCUT2D eigenvalue weighted by Crippen LogP contribution is 2.31. The number of fused-ring (bicyclic) bond motifs is 1. The quantitative estimate of drug-likeness (QED) is 0.417. The van der Waals surface area contributed by atoms with Crippen LogP contribution in [0.2, 0.25) is 0 Å². The molecular weight excluding hydrogens is 410 g/mol. The van der Waals surface area contributed by atoms with Crippen LogP contribution in [0.3, 0.4) is 0 Å². The number of benzene rings is 3. The highest BCUT2D eigenvalue weighted by Gasteiger charge is 2.23. The second kappa shape index (κ2) is 9.65.